The van der Waals surface area contributed by atoms with E-state index in [2.05, 4.69) is 28.9 Å². The quantitative estimate of drug-likeness (QED) is 0.664. The third kappa shape index (κ3) is 2.70. The Bertz CT molecular complexity index is 770. The van der Waals surface area contributed by atoms with Crippen molar-refractivity contribution in [1.29, 1.82) is 0 Å². The number of halogens is 2. The average molecular weight is 324 g/mol. The van der Waals surface area contributed by atoms with Crippen LogP contribution < -0.4 is 5.32 Å². The van der Waals surface area contributed by atoms with Gasteiger partial charge in [-0.2, -0.15) is 0 Å². The molecule has 5 heteroatoms. The summed E-state index contributed by atoms with van der Waals surface area (Å²) < 4.78 is 1.25. The van der Waals surface area contributed by atoms with E-state index < -0.39 is 0 Å². The lowest BCUT2D eigenvalue weighted by atomic mass is 10.2. The Morgan fingerprint density at radius 3 is 2.80 bits per heavy atom. The second-order valence-electron chi connectivity index (χ2n) is 4.42. The minimum atomic E-state index is 0.0696. The van der Waals surface area contributed by atoms with Gasteiger partial charge in [-0.05, 0) is 47.2 Å². The lowest BCUT2D eigenvalue weighted by Gasteiger charge is -2.10. The smallest absolute Gasteiger partial charge is 0.139 e. The third-order valence-electron chi connectivity index (χ3n) is 3.04. The highest BCUT2D eigenvalue weighted by molar-refractivity contribution is 7.17. The van der Waals surface area contributed by atoms with Crippen molar-refractivity contribution in [2.24, 2.45) is 0 Å². The molecule has 2 aromatic carbocycles. The van der Waals surface area contributed by atoms with E-state index in [-0.39, 0.29) is 10.8 Å². The van der Waals surface area contributed by atoms with Gasteiger partial charge in [-0.15, -0.1) is 11.3 Å². The summed E-state index contributed by atoms with van der Waals surface area (Å²) in [6, 6.07) is 11.5. The van der Waals surface area contributed by atoms with Crippen LogP contribution in [-0.2, 0) is 6.54 Å². The van der Waals surface area contributed by atoms with Gasteiger partial charge in [0.1, 0.15) is 5.75 Å². The van der Waals surface area contributed by atoms with E-state index in [4.69, 9.17) is 23.2 Å². The van der Waals surface area contributed by atoms with Crippen LogP contribution in [0.25, 0.3) is 10.1 Å². The van der Waals surface area contributed by atoms with Crippen LogP contribution in [0.3, 0.4) is 0 Å². The minimum absolute atomic E-state index is 0.0696. The standard InChI is InChI=1S/C15H11Cl2NOS/c16-11-5-10(15(19)13(17)7-11)8-18-12-1-2-14-9(6-12)3-4-20-14/h1-7,18-19H,8H2. The number of phenolic OH excluding ortho intramolecular Hbond substituents is 1. The van der Waals surface area contributed by atoms with Crippen LogP contribution in [0, 0.1) is 0 Å². The zero-order valence-electron chi connectivity index (χ0n) is 10.4. The van der Waals surface area contributed by atoms with Gasteiger partial charge in [0.05, 0.1) is 5.02 Å². The first kappa shape index (κ1) is 13.6. The van der Waals surface area contributed by atoms with Crippen molar-refractivity contribution in [1.82, 2.24) is 0 Å². The van der Waals surface area contributed by atoms with E-state index in [1.807, 2.05) is 6.07 Å². The van der Waals surface area contributed by atoms with Crippen molar-refractivity contribution in [2.75, 3.05) is 5.32 Å². The molecular formula is C15H11Cl2NOS. The van der Waals surface area contributed by atoms with Crippen LogP contribution in [0.15, 0.2) is 41.8 Å². The van der Waals surface area contributed by atoms with E-state index in [0.717, 1.165) is 5.69 Å². The first-order valence-electron chi connectivity index (χ1n) is 6.01. The Labute approximate surface area is 130 Å². The van der Waals surface area contributed by atoms with Crippen molar-refractivity contribution in [3.8, 4) is 5.75 Å². The molecule has 1 heterocycles. The van der Waals surface area contributed by atoms with Crippen molar-refractivity contribution >= 4 is 50.3 Å². The number of phenols is 1. The Morgan fingerprint density at radius 1 is 1.10 bits per heavy atom. The molecule has 0 radical (unpaired) electrons. The van der Waals surface area contributed by atoms with Gasteiger partial charge in [-0.25, -0.2) is 0 Å². The fraction of sp³-hybridized carbons (Fsp3) is 0.0667. The molecule has 0 aliphatic rings. The number of hydrogen-bond donors (Lipinski definition) is 2. The molecule has 0 atom stereocenters. The van der Waals surface area contributed by atoms with Crippen LogP contribution in [0.1, 0.15) is 5.56 Å². The number of nitrogens with one attached hydrogen (secondary N) is 1. The number of aromatic hydroxyl groups is 1. The highest BCUT2D eigenvalue weighted by atomic mass is 35.5. The van der Waals surface area contributed by atoms with Gasteiger partial charge in [0.15, 0.2) is 0 Å². The number of benzene rings is 2. The molecule has 2 N–H and O–H groups in total. The fourth-order valence-corrected chi connectivity index (χ4v) is 3.33. The molecule has 20 heavy (non-hydrogen) atoms. The van der Waals surface area contributed by atoms with Gasteiger partial charge in [-0.1, -0.05) is 23.2 Å². The van der Waals surface area contributed by atoms with Crippen molar-refractivity contribution in [3.05, 3.63) is 57.4 Å². The molecule has 102 valence electrons. The van der Waals surface area contributed by atoms with E-state index in [0.29, 0.717) is 17.1 Å². The van der Waals surface area contributed by atoms with Crippen molar-refractivity contribution in [3.63, 3.8) is 0 Å². The van der Waals surface area contributed by atoms with Crippen molar-refractivity contribution in [2.45, 2.75) is 6.54 Å². The summed E-state index contributed by atoms with van der Waals surface area (Å²) in [4.78, 5) is 0. The molecular weight excluding hydrogens is 313 g/mol. The lowest BCUT2D eigenvalue weighted by molar-refractivity contribution is 0.469. The molecule has 0 unspecified atom stereocenters. The number of thiophene rings is 1. The fourth-order valence-electron chi connectivity index (χ4n) is 2.03. The topological polar surface area (TPSA) is 32.3 Å². The summed E-state index contributed by atoms with van der Waals surface area (Å²) in [6.45, 7) is 0.460. The molecule has 0 aliphatic heterocycles. The van der Waals surface area contributed by atoms with Crippen LogP contribution in [0.2, 0.25) is 10.0 Å². The van der Waals surface area contributed by atoms with E-state index >= 15 is 0 Å². The molecule has 2 nitrogen and oxygen atoms in total. The normalized spacial score (nSPS) is 10.9. The van der Waals surface area contributed by atoms with Crippen LogP contribution in [0.4, 0.5) is 5.69 Å². The molecule has 0 saturated carbocycles. The molecule has 3 rings (SSSR count). The summed E-state index contributed by atoms with van der Waals surface area (Å²) in [5.41, 5.74) is 1.67. The third-order valence-corrected chi connectivity index (χ3v) is 4.45. The van der Waals surface area contributed by atoms with Gasteiger partial charge < -0.3 is 10.4 Å². The predicted octanol–water partition coefficient (Wildman–Crippen LogP) is 5.53. The molecule has 0 amide bonds. The summed E-state index contributed by atoms with van der Waals surface area (Å²) in [5, 5.41) is 17.2. The first-order valence-corrected chi connectivity index (χ1v) is 7.65. The Hall–Kier alpha value is -1.42. The number of rotatable bonds is 3. The predicted molar refractivity (Wildman–Crippen MR) is 87.3 cm³/mol. The van der Waals surface area contributed by atoms with Gasteiger partial charge in [0.25, 0.3) is 0 Å². The first-order chi connectivity index (χ1) is 9.63. The Kier molecular flexibility index (Phi) is 3.74. The Morgan fingerprint density at radius 2 is 1.95 bits per heavy atom. The number of fused-ring (bicyclic) bond motifs is 1. The van der Waals surface area contributed by atoms with Gasteiger partial charge in [0, 0.05) is 27.5 Å². The van der Waals surface area contributed by atoms with E-state index in [9.17, 15) is 5.11 Å². The molecule has 3 aromatic rings. The zero-order chi connectivity index (χ0) is 14.1. The second-order valence-corrected chi connectivity index (χ2v) is 6.21. The SMILES string of the molecule is Oc1c(Cl)cc(Cl)cc1CNc1ccc2sccc2c1. The summed E-state index contributed by atoms with van der Waals surface area (Å²) in [6.07, 6.45) is 0. The molecule has 0 saturated heterocycles. The maximum absolute atomic E-state index is 9.91. The maximum Gasteiger partial charge on any atom is 0.139 e. The van der Waals surface area contributed by atoms with Crippen LogP contribution >= 0.6 is 34.5 Å². The Balaban J connectivity index is 1.82. The zero-order valence-corrected chi connectivity index (χ0v) is 12.7. The van der Waals surface area contributed by atoms with Gasteiger partial charge in [-0.3, -0.25) is 0 Å². The highest BCUT2D eigenvalue weighted by Gasteiger charge is 2.08. The van der Waals surface area contributed by atoms with Gasteiger partial charge >= 0.3 is 0 Å². The van der Waals surface area contributed by atoms with Gasteiger partial charge in [0.2, 0.25) is 0 Å². The summed E-state index contributed by atoms with van der Waals surface area (Å²) >= 11 is 13.6. The van der Waals surface area contributed by atoms with E-state index in [1.54, 1.807) is 17.4 Å². The van der Waals surface area contributed by atoms with E-state index in [1.165, 1.54) is 16.2 Å². The second kappa shape index (κ2) is 5.52. The number of hydrogen-bond acceptors (Lipinski definition) is 3. The molecule has 0 spiro atoms. The monoisotopic (exact) mass is 323 g/mol. The van der Waals surface area contributed by atoms with Crippen LogP contribution in [0.5, 0.6) is 5.75 Å². The van der Waals surface area contributed by atoms with Crippen molar-refractivity contribution < 1.29 is 5.11 Å². The highest BCUT2D eigenvalue weighted by Crippen LogP contribution is 2.32. The summed E-state index contributed by atoms with van der Waals surface area (Å²) in [7, 11) is 0. The lowest BCUT2D eigenvalue weighted by Crippen LogP contribution is -1.99. The van der Waals surface area contributed by atoms with Crippen LogP contribution in [-0.4, -0.2) is 5.11 Å². The molecule has 0 aliphatic carbocycles. The maximum atomic E-state index is 9.91. The largest absolute Gasteiger partial charge is 0.506 e. The molecule has 0 fully saturated rings. The molecule has 0 bridgehead atoms. The number of anilines is 1. The summed E-state index contributed by atoms with van der Waals surface area (Å²) in [5.74, 6) is 0.0696. The average Bonchev–Trinajstić information content (AvgIpc) is 2.88. The minimum Gasteiger partial charge on any atom is -0.506 e. The molecule has 1 aromatic heterocycles.